The van der Waals surface area contributed by atoms with Gasteiger partial charge in [-0.3, -0.25) is 4.68 Å². The summed E-state index contributed by atoms with van der Waals surface area (Å²) in [4.78, 5) is 0. The molecule has 0 saturated carbocycles. The van der Waals surface area contributed by atoms with Crippen molar-refractivity contribution in [3.63, 3.8) is 0 Å². The van der Waals surface area contributed by atoms with Gasteiger partial charge in [0.25, 0.3) is 0 Å². The number of benzene rings is 1. The molecule has 0 aliphatic carbocycles. The van der Waals surface area contributed by atoms with Crippen LogP contribution in [0.5, 0.6) is 0 Å². The van der Waals surface area contributed by atoms with E-state index in [4.69, 9.17) is 0 Å². The Balaban J connectivity index is 2.07. The highest BCUT2D eigenvalue weighted by Crippen LogP contribution is 2.31. The van der Waals surface area contributed by atoms with Crippen molar-refractivity contribution in [2.75, 3.05) is 6.54 Å². The van der Waals surface area contributed by atoms with Gasteiger partial charge < -0.3 is 5.32 Å². The Hall–Kier alpha value is -1.68. The molecule has 0 bridgehead atoms. The highest BCUT2D eigenvalue weighted by Gasteiger charge is 2.24. The number of nitrogens with one attached hydrogen (secondary N) is 1. The first-order chi connectivity index (χ1) is 9.16. The van der Waals surface area contributed by atoms with Gasteiger partial charge in [-0.15, -0.1) is 0 Å². The maximum absolute atomic E-state index is 13.4. The van der Waals surface area contributed by atoms with Crippen molar-refractivity contribution in [3.05, 3.63) is 41.3 Å². The van der Waals surface area contributed by atoms with E-state index < -0.39 is 0 Å². The van der Waals surface area contributed by atoms with E-state index in [0.717, 1.165) is 35.5 Å². The highest BCUT2D eigenvalue weighted by molar-refractivity contribution is 5.64. The summed E-state index contributed by atoms with van der Waals surface area (Å²) in [7, 11) is 1.92. The second-order valence-electron chi connectivity index (χ2n) is 5.14. The molecule has 2 heterocycles. The Morgan fingerprint density at radius 1 is 1.42 bits per heavy atom. The van der Waals surface area contributed by atoms with Crippen LogP contribution in [-0.2, 0) is 7.05 Å². The van der Waals surface area contributed by atoms with E-state index in [0.29, 0.717) is 6.04 Å². The van der Waals surface area contributed by atoms with Gasteiger partial charge in [0, 0.05) is 12.6 Å². The van der Waals surface area contributed by atoms with Crippen LogP contribution >= 0.6 is 0 Å². The van der Waals surface area contributed by atoms with Crippen molar-refractivity contribution in [1.29, 1.82) is 0 Å². The van der Waals surface area contributed by atoms with Crippen LogP contribution in [0.1, 0.15) is 30.1 Å². The average molecular weight is 259 g/mol. The van der Waals surface area contributed by atoms with Gasteiger partial charge in [-0.1, -0.05) is 12.1 Å². The van der Waals surface area contributed by atoms with E-state index >= 15 is 0 Å². The lowest BCUT2D eigenvalue weighted by atomic mass is 10.0. The van der Waals surface area contributed by atoms with Crippen LogP contribution in [0.15, 0.2) is 24.3 Å². The van der Waals surface area contributed by atoms with Crippen LogP contribution in [0.25, 0.3) is 11.3 Å². The van der Waals surface area contributed by atoms with E-state index in [1.54, 1.807) is 12.1 Å². The Labute approximate surface area is 112 Å². The lowest BCUT2D eigenvalue weighted by Gasteiger charge is -2.08. The average Bonchev–Trinajstić information content (AvgIpc) is 2.97. The highest BCUT2D eigenvalue weighted by atomic mass is 19.1. The van der Waals surface area contributed by atoms with Gasteiger partial charge in [0.05, 0.1) is 17.4 Å². The van der Waals surface area contributed by atoms with Crippen LogP contribution in [0, 0.1) is 12.7 Å². The van der Waals surface area contributed by atoms with E-state index in [2.05, 4.69) is 17.3 Å². The van der Waals surface area contributed by atoms with Crippen LogP contribution in [-0.4, -0.2) is 16.3 Å². The van der Waals surface area contributed by atoms with Gasteiger partial charge in [-0.25, -0.2) is 4.39 Å². The third kappa shape index (κ3) is 2.16. The van der Waals surface area contributed by atoms with Crippen molar-refractivity contribution in [2.45, 2.75) is 25.8 Å². The first-order valence-electron chi connectivity index (χ1n) is 6.69. The summed E-state index contributed by atoms with van der Waals surface area (Å²) in [6, 6.07) is 7.04. The SMILES string of the molecule is Cc1c(C2CCCN2)nn(C)c1-c1cccc(F)c1. The van der Waals surface area contributed by atoms with E-state index in [9.17, 15) is 4.39 Å². The molecule has 0 spiro atoms. The minimum Gasteiger partial charge on any atom is -0.309 e. The molecule has 4 heteroatoms. The molecule has 1 aliphatic heterocycles. The third-order valence-electron chi connectivity index (χ3n) is 3.81. The molecule has 3 rings (SSSR count). The van der Waals surface area contributed by atoms with Gasteiger partial charge in [0.1, 0.15) is 5.82 Å². The number of halogens is 1. The topological polar surface area (TPSA) is 29.9 Å². The maximum atomic E-state index is 13.4. The zero-order chi connectivity index (χ0) is 13.4. The first-order valence-corrected chi connectivity index (χ1v) is 6.69. The Morgan fingerprint density at radius 2 is 2.26 bits per heavy atom. The Morgan fingerprint density at radius 3 is 2.95 bits per heavy atom. The fraction of sp³-hybridized carbons (Fsp3) is 0.400. The van der Waals surface area contributed by atoms with Gasteiger partial charge in [-0.05, 0) is 44.0 Å². The molecule has 1 aromatic heterocycles. The lowest BCUT2D eigenvalue weighted by Crippen LogP contribution is -2.14. The summed E-state index contributed by atoms with van der Waals surface area (Å²) in [5.41, 5.74) is 4.13. The molecule has 1 unspecified atom stereocenters. The minimum atomic E-state index is -0.210. The zero-order valence-corrected chi connectivity index (χ0v) is 11.3. The van der Waals surface area contributed by atoms with Crippen molar-refractivity contribution in [1.82, 2.24) is 15.1 Å². The zero-order valence-electron chi connectivity index (χ0n) is 11.3. The number of hydrogen-bond acceptors (Lipinski definition) is 2. The van der Waals surface area contributed by atoms with Gasteiger partial charge >= 0.3 is 0 Å². The normalized spacial score (nSPS) is 19.0. The lowest BCUT2D eigenvalue weighted by molar-refractivity contribution is 0.605. The molecule has 19 heavy (non-hydrogen) atoms. The molecule has 1 aromatic carbocycles. The molecule has 1 N–H and O–H groups in total. The molecule has 1 fully saturated rings. The molecule has 3 nitrogen and oxygen atoms in total. The fourth-order valence-electron chi connectivity index (χ4n) is 2.94. The Kier molecular flexibility index (Phi) is 3.11. The number of aryl methyl sites for hydroxylation is 1. The molecule has 2 aromatic rings. The van der Waals surface area contributed by atoms with Gasteiger partial charge in [0.2, 0.25) is 0 Å². The molecule has 0 radical (unpaired) electrons. The summed E-state index contributed by atoms with van der Waals surface area (Å²) in [6.45, 7) is 3.12. The number of nitrogens with zero attached hydrogens (tertiary/aromatic N) is 2. The number of aromatic nitrogens is 2. The van der Waals surface area contributed by atoms with Crippen molar-refractivity contribution >= 4 is 0 Å². The quantitative estimate of drug-likeness (QED) is 0.898. The monoisotopic (exact) mass is 259 g/mol. The van der Waals surface area contributed by atoms with Crippen molar-refractivity contribution in [2.24, 2.45) is 7.05 Å². The van der Waals surface area contributed by atoms with Gasteiger partial charge in [0.15, 0.2) is 0 Å². The fourth-order valence-corrected chi connectivity index (χ4v) is 2.94. The summed E-state index contributed by atoms with van der Waals surface area (Å²) in [5, 5.41) is 8.10. The molecule has 1 saturated heterocycles. The molecule has 0 amide bonds. The van der Waals surface area contributed by atoms with Crippen LogP contribution in [0.4, 0.5) is 4.39 Å². The number of hydrogen-bond donors (Lipinski definition) is 1. The summed E-state index contributed by atoms with van der Waals surface area (Å²) in [5.74, 6) is -0.210. The van der Waals surface area contributed by atoms with E-state index in [1.807, 2.05) is 17.8 Å². The minimum absolute atomic E-state index is 0.210. The maximum Gasteiger partial charge on any atom is 0.123 e. The molecular formula is C15H18FN3. The largest absolute Gasteiger partial charge is 0.309 e. The predicted molar refractivity (Wildman–Crippen MR) is 73.3 cm³/mol. The van der Waals surface area contributed by atoms with Crippen LogP contribution in [0.3, 0.4) is 0 Å². The van der Waals surface area contributed by atoms with Crippen LogP contribution < -0.4 is 5.32 Å². The van der Waals surface area contributed by atoms with E-state index in [-0.39, 0.29) is 5.82 Å². The summed E-state index contributed by atoms with van der Waals surface area (Å²) in [6.07, 6.45) is 2.32. The second kappa shape index (κ2) is 4.78. The molecule has 1 aliphatic rings. The van der Waals surface area contributed by atoms with Crippen molar-refractivity contribution < 1.29 is 4.39 Å². The molecular weight excluding hydrogens is 241 g/mol. The van der Waals surface area contributed by atoms with Crippen LogP contribution in [0.2, 0.25) is 0 Å². The van der Waals surface area contributed by atoms with Crippen molar-refractivity contribution in [3.8, 4) is 11.3 Å². The Bertz CT molecular complexity index is 597. The third-order valence-corrected chi connectivity index (χ3v) is 3.81. The molecule has 1 atom stereocenters. The first kappa shape index (κ1) is 12.4. The predicted octanol–water partition coefficient (Wildman–Crippen LogP) is 2.96. The smallest absolute Gasteiger partial charge is 0.123 e. The number of rotatable bonds is 2. The second-order valence-corrected chi connectivity index (χ2v) is 5.14. The molecule has 100 valence electrons. The van der Waals surface area contributed by atoms with Gasteiger partial charge in [-0.2, -0.15) is 5.10 Å². The summed E-state index contributed by atoms with van der Waals surface area (Å²) >= 11 is 0. The summed E-state index contributed by atoms with van der Waals surface area (Å²) < 4.78 is 15.2. The van der Waals surface area contributed by atoms with E-state index in [1.165, 1.54) is 12.5 Å². The standard InChI is InChI=1S/C15H18FN3/c1-10-14(13-7-4-8-17-13)18-19(2)15(10)11-5-3-6-12(16)9-11/h3,5-6,9,13,17H,4,7-8H2,1-2H3.